The van der Waals surface area contributed by atoms with Crippen molar-refractivity contribution >= 4 is 11.6 Å². The van der Waals surface area contributed by atoms with Crippen LogP contribution in [-0.2, 0) is 19.1 Å². The lowest BCUT2D eigenvalue weighted by Crippen LogP contribution is -2.62. The van der Waals surface area contributed by atoms with Crippen LogP contribution in [0.5, 0.6) is 0 Å². The molecule has 1 saturated heterocycles. The Balaban J connectivity index is 1.56. The summed E-state index contributed by atoms with van der Waals surface area (Å²) in [4.78, 5) is 24.7. The molecule has 0 aromatic carbocycles. The molecule has 6 heteroatoms. The summed E-state index contributed by atoms with van der Waals surface area (Å²) in [6.45, 7) is 3.24. The maximum atomic E-state index is 13.0. The molecular weight excluding hydrogens is 360 g/mol. The van der Waals surface area contributed by atoms with Gasteiger partial charge in [0.15, 0.2) is 23.5 Å². The first-order valence-corrected chi connectivity index (χ1v) is 10.4. The lowest BCUT2D eigenvalue weighted by Gasteiger charge is -2.56. The molecule has 28 heavy (non-hydrogen) atoms. The molecule has 0 bridgehead atoms. The van der Waals surface area contributed by atoms with Gasteiger partial charge < -0.3 is 19.7 Å². The topological polar surface area (TPSA) is 93.1 Å². The average Bonchev–Trinajstić information content (AvgIpc) is 3.11. The smallest absolute Gasteiger partial charge is 0.193 e. The van der Waals surface area contributed by atoms with Crippen LogP contribution in [0.3, 0.4) is 0 Å². The normalized spacial score (nSPS) is 51.8. The molecule has 1 aliphatic heterocycles. The molecule has 4 fully saturated rings. The Hall–Kier alpha value is -1.34. The number of carbonyl (C=O) groups is 2. The van der Waals surface area contributed by atoms with Crippen molar-refractivity contribution in [2.45, 2.75) is 63.6 Å². The number of carbonyl (C=O) groups excluding carboxylic acids is 2. The highest BCUT2D eigenvalue weighted by molar-refractivity contribution is 6.00. The SMILES string of the molecule is CC1O[C@@H]2C[C@H]3[C@@H]4CCC5=CC(=O)C=CC5[C@H]4[C@@H](O)C[C@]3(C)[C@]2(C(=O)CO)O1. The van der Waals surface area contributed by atoms with Crippen molar-refractivity contribution < 1.29 is 29.3 Å². The molecular formula is C22H28O6. The Morgan fingerprint density at radius 2 is 2.18 bits per heavy atom. The van der Waals surface area contributed by atoms with Gasteiger partial charge in [-0.05, 0) is 62.5 Å². The van der Waals surface area contributed by atoms with E-state index in [4.69, 9.17) is 9.47 Å². The Morgan fingerprint density at radius 3 is 2.93 bits per heavy atom. The molecule has 4 aliphatic carbocycles. The van der Waals surface area contributed by atoms with E-state index in [0.29, 0.717) is 12.8 Å². The van der Waals surface area contributed by atoms with Crippen molar-refractivity contribution in [1.82, 2.24) is 0 Å². The summed E-state index contributed by atoms with van der Waals surface area (Å²) >= 11 is 0. The summed E-state index contributed by atoms with van der Waals surface area (Å²) in [6, 6.07) is 0. The predicted octanol–water partition coefficient (Wildman–Crippen LogP) is 1.55. The quantitative estimate of drug-likeness (QED) is 0.746. The van der Waals surface area contributed by atoms with E-state index in [1.54, 1.807) is 19.1 Å². The molecule has 2 unspecified atom stereocenters. The number of fused-ring (bicyclic) bond motifs is 7. The third-order valence-corrected chi connectivity index (χ3v) is 8.35. The van der Waals surface area contributed by atoms with Gasteiger partial charge in [0.25, 0.3) is 0 Å². The number of hydrogen-bond donors (Lipinski definition) is 2. The van der Waals surface area contributed by atoms with Gasteiger partial charge >= 0.3 is 0 Å². The zero-order chi connectivity index (χ0) is 19.8. The zero-order valence-corrected chi connectivity index (χ0v) is 16.3. The van der Waals surface area contributed by atoms with Crippen LogP contribution in [0.15, 0.2) is 23.8 Å². The van der Waals surface area contributed by atoms with Gasteiger partial charge in [-0.1, -0.05) is 18.6 Å². The monoisotopic (exact) mass is 388 g/mol. The van der Waals surface area contributed by atoms with E-state index in [0.717, 1.165) is 18.4 Å². The molecule has 9 atom stereocenters. The van der Waals surface area contributed by atoms with Crippen molar-refractivity contribution in [3.8, 4) is 0 Å². The number of aliphatic hydroxyl groups excluding tert-OH is 2. The number of allylic oxidation sites excluding steroid dienone is 4. The maximum Gasteiger partial charge on any atom is 0.193 e. The summed E-state index contributed by atoms with van der Waals surface area (Å²) in [5.41, 5.74) is -0.651. The molecule has 3 saturated carbocycles. The molecule has 0 spiro atoms. The van der Waals surface area contributed by atoms with E-state index >= 15 is 0 Å². The van der Waals surface area contributed by atoms with Crippen molar-refractivity contribution in [1.29, 1.82) is 0 Å². The number of ketones is 2. The van der Waals surface area contributed by atoms with Crippen LogP contribution in [0.2, 0.25) is 0 Å². The molecule has 1 heterocycles. The summed E-state index contributed by atoms with van der Waals surface area (Å²) in [5, 5.41) is 21.0. The zero-order valence-electron chi connectivity index (χ0n) is 16.3. The van der Waals surface area contributed by atoms with Gasteiger partial charge in [0.05, 0.1) is 12.2 Å². The summed E-state index contributed by atoms with van der Waals surface area (Å²) in [6.07, 6.45) is 6.68. The largest absolute Gasteiger partial charge is 0.393 e. The molecule has 2 N–H and O–H groups in total. The lowest BCUT2D eigenvalue weighted by atomic mass is 9.49. The minimum atomic E-state index is -1.19. The number of hydrogen-bond acceptors (Lipinski definition) is 6. The van der Waals surface area contributed by atoms with E-state index in [-0.39, 0.29) is 41.3 Å². The molecule has 5 rings (SSSR count). The van der Waals surface area contributed by atoms with Gasteiger partial charge in [-0.3, -0.25) is 9.59 Å². The van der Waals surface area contributed by atoms with Crippen LogP contribution in [0.4, 0.5) is 0 Å². The summed E-state index contributed by atoms with van der Waals surface area (Å²) in [7, 11) is 0. The molecule has 5 aliphatic rings. The van der Waals surface area contributed by atoms with Gasteiger partial charge in [0.1, 0.15) is 6.61 Å². The van der Waals surface area contributed by atoms with Gasteiger partial charge in [-0.2, -0.15) is 0 Å². The van der Waals surface area contributed by atoms with Gasteiger partial charge in [-0.25, -0.2) is 0 Å². The van der Waals surface area contributed by atoms with Crippen LogP contribution in [0, 0.1) is 29.1 Å². The van der Waals surface area contributed by atoms with Crippen molar-refractivity contribution in [2.75, 3.05) is 6.61 Å². The summed E-state index contributed by atoms with van der Waals surface area (Å²) < 4.78 is 12.1. The van der Waals surface area contributed by atoms with E-state index in [1.165, 1.54) is 0 Å². The van der Waals surface area contributed by atoms with Crippen LogP contribution >= 0.6 is 0 Å². The first kappa shape index (κ1) is 18.7. The Kier molecular flexibility index (Phi) is 4.05. The lowest BCUT2D eigenvalue weighted by molar-refractivity contribution is -0.193. The van der Waals surface area contributed by atoms with E-state index in [1.807, 2.05) is 13.0 Å². The summed E-state index contributed by atoms with van der Waals surface area (Å²) in [5.74, 6) is 0.212. The molecule has 6 nitrogen and oxygen atoms in total. The third kappa shape index (κ3) is 2.18. The predicted molar refractivity (Wildman–Crippen MR) is 99.0 cm³/mol. The fraction of sp³-hybridized carbons (Fsp3) is 0.727. The van der Waals surface area contributed by atoms with Crippen molar-refractivity contribution in [2.24, 2.45) is 29.1 Å². The molecule has 0 amide bonds. The van der Waals surface area contributed by atoms with Crippen LogP contribution in [0.1, 0.15) is 39.5 Å². The third-order valence-electron chi connectivity index (χ3n) is 8.35. The second-order valence-electron chi connectivity index (χ2n) is 9.44. The first-order chi connectivity index (χ1) is 13.3. The van der Waals surface area contributed by atoms with Gasteiger partial charge in [-0.15, -0.1) is 0 Å². The highest BCUT2D eigenvalue weighted by atomic mass is 16.7. The highest BCUT2D eigenvalue weighted by Crippen LogP contribution is 2.67. The number of rotatable bonds is 2. The van der Waals surface area contributed by atoms with Gasteiger partial charge in [0.2, 0.25) is 0 Å². The molecule has 0 aromatic heterocycles. The number of ether oxygens (including phenoxy) is 2. The average molecular weight is 388 g/mol. The van der Waals surface area contributed by atoms with Crippen molar-refractivity contribution in [3.63, 3.8) is 0 Å². The fourth-order valence-corrected chi connectivity index (χ4v) is 7.43. The minimum absolute atomic E-state index is 0.0264. The highest BCUT2D eigenvalue weighted by Gasteiger charge is 2.74. The number of aliphatic hydroxyl groups is 2. The molecule has 152 valence electrons. The maximum absolute atomic E-state index is 13.0. The second kappa shape index (κ2) is 6.08. The van der Waals surface area contributed by atoms with Crippen LogP contribution in [0.25, 0.3) is 0 Å². The van der Waals surface area contributed by atoms with Crippen molar-refractivity contribution in [3.05, 3.63) is 23.8 Å². The number of Topliss-reactive ketones (excluding diaryl/α,β-unsaturated/α-hetero) is 1. The Labute approximate surface area is 164 Å². The first-order valence-electron chi connectivity index (χ1n) is 10.4. The Morgan fingerprint density at radius 1 is 1.39 bits per heavy atom. The molecule has 0 aromatic rings. The Bertz CT molecular complexity index is 786. The fourth-order valence-electron chi connectivity index (χ4n) is 7.43. The molecule has 0 radical (unpaired) electrons. The van der Waals surface area contributed by atoms with Crippen LogP contribution < -0.4 is 0 Å². The second-order valence-corrected chi connectivity index (χ2v) is 9.44. The minimum Gasteiger partial charge on any atom is -0.393 e. The van der Waals surface area contributed by atoms with E-state index in [2.05, 4.69) is 0 Å². The van der Waals surface area contributed by atoms with E-state index in [9.17, 15) is 19.8 Å². The van der Waals surface area contributed by atoms with Crippen LogP contribution in [-0.4, -0.2) is 52.5 Å². The van der Waals surface area contributed by atoms with Gasteiger partial charge in [0, 0.05) is 11.3 Å². The van der Waals surface area contributed by atoms with E-state index < -0.39 is 30.0 Å². The standard InChI is InChI=1S/C22H28O6/c1-11-27-19-8-16-15-5-3-12-7-13(24)4-6-14(12)20(15)17(25)9-21(16,2)22(19,28-11)18(26)10-23/h4,6-7,11,14-17,19-20,23,25H,3,5,8-10H2,1-2H3/t11?,14?,15-,16-,17-,19+,20+,21-,22+/m0/s1.